The van der Waals surface area contributed by atoms with Crippen LogP contribution in [0.15, 0.2) is 54.6 Å². The Morgan fingerprint density at radius 2 is 1.38 bits per heavy atom. The second-order valence-electron chi connectivity index (χ2n) is 6.60. The van der Waals surface area contributed by atoms with Crippen LogP contribution in [0.5, 0.6) is 0 Å². The summed E-state index contributed by atoms with van der Waals surface area (Å²) in [6.07, 6.45) is 6.21. The highest BCUT2D eigenvalue weighted by Crippen LogP contribution is 2.55. The molecule has 1 saturated carbocycles. The largest absolute Gasteiger partial charge is 0.355 e. The fraction of sp³-hybridized carbons (Fsp3) is 0.400. The number of benzene rings is 2. The molecule has 1 aliphatic carbocycles. The summed E-state index contributed by atoms with van der Waals surface area (Å²) in [4.78, 5) is 0. The Balaban J connectivity index is 1.88. The molecule has 4 rings (SSSR count). The third-order valence-corrected chi connectivity index (χ3v) is 5.32. The maximum atomic E-state index is 6.83. The highest BCUT2D eigenvalue weighted by atomic mass is 16.5. The van der Waals surface area contributed by atoms with Crippen LogP contribution in [0, 0.1) is 0 Å². The molecule has 0 saturated heterocycles. The van der Waals surface area contributed by atoms with Crippen molar-refractivity contribution in [3.8, 4) is 0 Å². The van der Waals surface area contributed by atoms with Gasteiger partial charge in [-0.05, 0) is 36.5 Å². The molecule has 108 valence electrons. The molecule has 1 heteroatoms. The van der Waals surface area contributed by atoms with Gasteiger partial charge in [0.2, 0.25) is 0 Å². The van der Waals surface area contributed by atoms with Gasteiger partial charge >= 0.3 is 0 Å². The number of hydrogen-bond donors (Lipinski definition) is 0. The van der Waals surface area contributed by atoms with Crippen molar-refractivity contribution in [3.05, 3.63) is 71.3 Å². The molecule has 1 aliphatic heterocycles. The second kappa shape index (κ2) is 4.71. The fourth-order valence-corrected chi connectivity index (χ4v) is 4.26. The van der Waals surface area contributed by atoms with Crippen molar-refractivity contribution in [2.75, 3.05) is 0 Å². The summed E-state index contributed by atoms with van der Waals surface area (Å²) in [5, 5.41) is 0. The van der Waals surface area contributed by atoms with E-state index in [0.29, 0.717) is 0 Å². The topological polar surface area (TPSA) is 9.23 Å². The summed E-state index contributed by atoms with van der Waals surface area (Å²) in [7, 11) is 0. The molecule has 1 nitrogen and oxygen atoms in total. The Hall–Kier alpha value is -1.60. The third-order valence-electron chi connectivity index (χ3n) is 5.32. The van der Waals surface area contributed by atoms with Crippen LogP contribution in [0.2, 0.25) is 0 Å². The maximum Gasteiger partial charge on any atom is 0.117 e. The molecule has 21 heavy (non-hydrogen) atoms. The molecular formula is C20H22O. The van der Waals surface area contributed by atoms with Gasteiger partial charge in [0.1, 0.15) is 5.60 Å². The number of ether oxygens (including phenoxy) is 1. The second-order valence-corrected chi connectivity index (χ2v) is 6.60. The van der Waals surface area contributed by atoms with E-state index in [-0.39, 0.29) is 11.2 Å². The minimum Gasteiger partial charge on any atom is -0.355 e. The summed E-state index contributed by atoms with van der Waals surface area (Å²) in [6, 6.07) is 19.5. The summed E-state index contributed by atoms with van der Waals surface area (Å²) in [6.45, 7) is 2.24. The summed E-state index contributed by atoms with van der Waals surface area (Å²) >= 11 is 0. The van der Waals surface area contributed by atoms with E-state index in [1.54, 1.807) is 0 Å². The van der Waals surface area contributed by atoms with E-state index in [1.807, 2.05) is 0 Å². The van der Waals surface area contributed by atoms with E-state index in [1.165, 1.54) is 36.0 Å². The third kappa shape index (κ3) is 1.87. The lowest BCUT2D eigenvalue weighted by atomic mass is 9.78. The maximum absolute atomic E-state index is 6.83. The lowest BCUT2D eigenvalue weighted by Gasteiger charge is -2.37. The van der Waals surface area contributed by atoms with Crippen LogP contribution in [0.3, 0.4) is 0 Å². The van der Waals surface area contributed by atoms with E-state index in [2.05, 4.69) is 61.5 Å². The number of fused-ring (bicyclic) bond motifs is 2. The zero-order valence-electron chi connectivity index (χ0n) is 12.6. The molecule has 0 aromatic heterocycles. The van der Waals surface area contributed by atoms with E-state index >= 15 is 0 Å². The van der Waals surface area contributed by atoms with Gasteiger partial charge in [0.15, 0.2) is 0 Å². The van der Waals surface area contributed by atoms with Crippen LogP contribution in [0.4, 0.5) is 0 Å². The Bertz CT molecular complexity index is 640. The van der Waals surface area contributed by atoms with Gasteiger partial charge in [0.25, 0.3) is 0 Å². The van der Waals surface area contributed by atoms with Crippen LogP contribution in [0.25, 0.3) is 0 Å². The molecular weight excluding hydrogens is 256 g/mol. The van der Waals surface area contributed by atoms with Crippen LogP contribution >= 0.6 is 0 Å². The van der Waals surface area contributed by atoms with E-state index < -0.39 is 0 Å². The molecule has 1 atom stereocenters. The van der Waals surface area contributed by atoms with Crippen molar-refractivity contribution >= 4 is 0 Å². The molecule has 0 amide bonds. The Morgan fingerprint density at radius 1 is 0.762 bits per heavy atom. The van der Waals surface area contributed by atoms with Gasteiger partial charge in [-0.2, -0.15) is 0 Å². The molecule has 0 N–H and O–H groups in total. The molecule has 0 radical (unpaired) electrons. The lowest BCUT2D eigenvalue weighted by molar-refractivity contribution is -0.131. The van der Waals surface area contributed by atoms with Gasteiger partial charge in [0.05, 0.1) is 5.60 Å². The molecule has 2 aromatic carbocycles. The number of hydrogen-bond acceptors (Lipinski definition) is 1. The monoisotopic (exact) mass is 278 g/mol. The first-order valence-electron chi connectivity index (χ1n) is 8.10. The van der Waals surface area contributed by atoms with Gasteiger partial charge in [-0.25, -0.2) is 0 Å². The zero-order chi connectivity index (χ0) is 14.3. The average molecular weight is 278 g/mol. The van der Waals surface area contributed by atoms with Crippen molar-refractivity contribution in [1.29, 1.82) is 0 Å². The van der Waals surface area contributed by atoms with Gasteiger partial charge < -0.3 is 4.74 Å². The minimum atomic E-state index is -0.310. The van der Waals surface area contributed by atoms with Gasteiger partial charge in [-0.3, -0.25) is 0 Å². The summed E-state index contributed by atoms with van der Waals surface area (Å²) in [5.74, 6) is 0. The van der Waals surface area contributed by atoms with Crippen molar-refractivity contribution < 1.29 is 4.74 Å². The summed E-state index contributed by atoms with van der Waals surface area (Å²) < 4.78 is 6.83. The Labute approximate surface area is 127 Å². The molecule has 2 aliphatic rings. The molecule has 2 aromatic rings. The first kappa shape index (κ1) is 13.1. The summed E-state index contributed by atoms with van der Waals surface area (Å²) in [5.41, 5.74) is 3.68. The molecule has 1 spiro atoms. The van der Waals surface area contributed by atoms with Gasteiger partial charge in [-0.15, -0.1) is 0 Å². The molecule has 1 unspecified atom stereocenters. The van der Waals surface area contributed by atoms with Crippen molar-refractivity contribution in [3.63, 3.8) is 0 Å². The van der Waals surface area contributed by atoms with Crippen molar-refractivity contribution in [2.45, 2.75) is 50.2 Å². The van der Waals surface area contributed by atoms with Crippen LogP contribution in [-0.4, -0.2) is 0 Å². The predicted molar refractivity (Wildman–Crippen MR) is 85.2 cm³/mol. The molecule has 0 bridgehead atoms. The highest BCUT2D eigenvalue weighted by Gasteiger charge is 2.51. The Morgan fingerprint density at radius 3 is 2.10 bits per heavy atom. The lowest BCUT2D eigenvalue weighted by Crippen LogP contribution is -2.33. The van der Waals surface area contributed by atoms with Crippen LogP contribution in [-0.2, 0) is 15.9 Å². The number of rotatable bonds is 1. The Kier molecular flexibility index (Phi) is 2.93. The first-order chi connectivity index (χ1) is 10.2. The van der Waals surface area contributed by atoms with E-state index in [0.717, 1.165) is 12.8 Å². The highest BCUT2D eigenvalue weighted by molar-refractivity contribution is 5.47. The van der Waals surface area contributed by atoms with Gasteiger partial charge in [0, 0.05) is 0 Å². The molecule has 1 heterocycles. The van der Waals surface area contributed by atoms with Gasteiger partial charge in [-0.1, -0.05) is 73.9 Å². The zero-order valence-corrected chi connectivity index (χ0v) is 12.6. The standard InChI is InChI=1S/C20H22O/c1-19(16-10-4-2-5-11-16)17-12-6-7-13-18(17)20(21-19)14-8-3-9-15-20/h2,4-7,10-13H,3,8-9,14-15H2,1H3. The predicted octanol–water partition coefficient (Wildman–Crippen LogP) is 5.14. The van der Waals surface area contributed by atoms with Crippen molar-refractivity contribution in [1.82, 2.24) is 0 Å². The molecule has 1 fully saturated rings. The minimum absolute atomic E-state index is 0.0561. The quantitative estimate of drug-likeness (QED) is 0.702. The van der Waals surface area contributed by atoms with E-state index in [9.17, 15) is 0 Å². The van der Waals surface area contributed by atoms with E-state index in [4.69, 9.17) is 4.74 Å². The average Bonchev–Trinajstić information content (AvgIpc) is 2.80. The normalized spacial score (nSPS) is 26.7. The van der Waals surface area contributed by atoms with Crippen LogP contribution in [0.1, 0.15) is 55.7 Å². The smallest absolute Gasteiger partial charge is 0.117 e. The first-order valence-corrected chi connectivity index (χ1v) is 8.10. The SMILES string of the molecule is CC1(c2ccccc2)OC2(CCCCC2)c2ccccc21. The van der Waals surface area contributed by atoms with Crippen LogP contribution < -0.4 is 0 Å². The van der Waals surface area contributed by atoms with Crippen molar-refractivity contribution in [2.24, 2.45) is 0 Å². The fourth-order valence-electron chi connectivity index (χ4n) is 4.26.